The zero-order valence-electron chi connectivity index (χ0n) is 18.7. The van der Waals surface area contributed by atoms with Crippen LogP contribution < -0.4 is 10.6 Å². The number of aromatic nitrogens is 2. The fraction of sp³-hybridized carbons (Fsp3) is 0.636. The maximum atomic E-state index is 5.75. The number of nitrogens with one attached hydrogen (secondary N) is 2. The van der Waals surface area contributed by atoms with E-state index in [0.717, 1.165) is 51.1 Å². The standard InChI is InChI=1S/C22H36N6OS/c1-5-23-22(26-14-21-24-8-9-28(21)15-17(2)3)25-13-19(20-7-6-12-30-20)27-10-11-29-18(4)16-27/h6-9,12,17-19H,5,10-11,13-16H2,1-4H3,(H2,23,25,26). The Hall–Kier alpha value is -1.90. The minimum atomic E-state index is 0.267. The molecule has 2 N–H and O–H groups in total. The van der Waals surface area contributed by atoms with E-state index in [-0.39, 0.29) is 6.10 Å². The molecule has 0 aromatic carbocycles. The van der Waals surface area contributed by atoms with Gasteiger partial charge in [0.1, 0.15) is 12.4 Å². The third kappa shape index (κ3) is 6.55. The van der Waals surface area contributed by atoms with Gasteiger partial charge in [-0.2, -0.15) is 0 Å². The van der Waals surface area contributed by atoms with E-state index < -0.39 is 0 Å². The van der Waals surface area contributed by atoms with E-state index in [1.54, 1.807) is 0 Å². The van der Waals surface area contributed by atoms with E-state index in [2.05, 4.69) is 70.3 Å². The quantitative estimate of drug-likeness (QED) is 0.471. The summed E-state index contributed by atoms with van der Waals surface area (Å²) in [6, 6.07) is 4.66. The van der Waals surface area contributed by atoms with Crippen LogP contribution in [0.15, 0.2) is 34.9 Å². The molecule has 1 aliphatic heterocycles. The Kier molecular flexibility index (Phi) is 8.72. The lowest BCUT2D eigenvalue weighted by molar-refractivity contribution is -0.0334. The summed E-state index contributed by atoms with van der Waals surface area (Å²) in [7, 11) is 0. The number of aliphatic imine (C=N–C) groups is 1. The van der Waals surface area contributed by atoms with Crippen LogP contribution in [0.5, 0.6) is 0 Å². The number of guanidine groups is 1. The second kappa shape index (κ2) is 11.5. The van der Waals surface area contributed by atoms with Gasteiger partial charge in [0.2, 0.25) is 0 Å². The highest BCUT2D eigenvalue weighted by molar-refractivity contribution is 7.10. The molecule has 0 bridgehead atoms. The fourth-order valence-corrected chi connectivity index (χ4v) is 4.62. The third-order valence-corrected chi connectivity index (χ3v) is 6.11. The van der Waals surface area contributed by atoms with Crippen molar-refractivity contribution in [1.82, 2.24) is 25.1 Å². The molecule has 1 saturated heterocycles. The van der Waals surface area contributed by atoms with Crippen LogP contribution in [-0.2, 0) is 17.8 Å². The maximum Gasteiger partial charge on any atom is 0.191 e. The van der Waals surface area contributed by atoms with Crippen molar-refractivity contribution in [2.75, 3.05) is 32.8 Å². The minimum Gasteiger partial charge on any atom is -0.376 e. The van der Waals surface area contributed by atoms with Gasteiger partial charge in [-0.15, -0.1) is 11.3 Å². The van der Waals surface area contributed by atoms with Crippen molar-refractivity contribution in [2.24, 2.45) is 10.9 Å². The minimum absolute atomic E-state index is 0.267. The first-order valence-corrected chi connectivity index (χ1v) is 11.9. The van der Waals surface area contributed by atoms with E-state index in [9.17, 15) is 0 Å². The Morgan fingerprint density at radius 1 is 1.40 bits per heavy atom. The molecule has 3 heterocycles. The first-order chi connectivity index (χ1) is 14.6. The largest absolute Gasteiger partial charge is 0.376 e. The van der Waals surface area contributed by atoms with Gasteiger partial charge in [0.15, 0.2) is 5.96 Å². The molecule has 2 aromatic heterocycles. The Morgan fingerprint density at radius 2 is 2.27 bits per heavy atom. The van der Waals surface area contributed by atoms with Crippen LogP contribution in [0.3, 0.4) is 0 Å². The van der Waals surface area contributed by atoms with Crippen LogP contribution in [0.25, 0.3) is 0 Å². The summed E-state index contributed by atoms with van der Waals surface area (Å²) in [6.45, 7) is 14.5. The first-order valence-electron chi connectivity index (χ1n) is 11.0. The maximum absolute atomic E-state index is 5.75. The molecular weight excluding hydrogens is 396 g/mol. The predicted molar refractivity (Wildman–Crippen MR) is 124 cm³/mol. The van der Waals surface area contributed by atoms with Gasteiger partial charge in [0.05, 0.1) is 18.8 Å². The molecule has 1 fully saturated rings. The van der Waals surface area contributed by atoms with E-state index >= 15 is 0 Å². The predicted octanol–water partition coefficient (Wildman–Crippen LogP) is 3.12. The number of rotatable bonds is 9. The lowest BCUT2D eigenvalue weighted by Crippen LogP contribution is -2.48. The van der Waals surface area contributed by atoms with Crippen LogP contribution in [0, 0.1) is 5.92 Å². The molecule has 1 aliphatic rings. The number of hydrogen-bond donors (Lipinski definition) is 2. The van der Waals surface area contributed by atoms with E-state index in [1.807, 2.05) is 23.7 Å². The molecule has 3 rings (SSSR count). The van der Waals surface area contributed by atoms with Crippen LogP contribution in [-0.4, -0.2) is 59.3 Å². The average molecular weight is 433 g/mol. The summed E-state index contributed by atoms with van der Waals surface area (Å²) in [6.07, 6.45) is 4.17. The van der Waals surface area contributed by atoms with Crippen LogP contribution in [0.1, 0.15) is 44.4 Å². The molecule has 166 valence electrons. The van der Waals surface area contributed by atoms with Gasteiger partial charge >= 0.3 is 0 Å². The smallest absolute Gasteiger partial charge is 0.191 e. The van der Waals surface area contributed by atoms with Gasteiger partial charge in [-0.05, 0) is 31.2 Å². The van der Waals surface area contributed by atoms with Crippen molar-refractivity contribution >= 4 is 17.3 Å². The fourth-order valence-electron chi connectivity index (χ4n) is 3.76. The number of ether oxygens (including phenoxy) is 1. The van der Waals surface area contributed by atoms with E-state index in [0.29, 0.717) is 18.5 Å². The molecule has 8 heteroatoms. The summed E-state index contributed by atoms with van der Waals surface area (Å²) in [5.41, 5.74) is 0. The van der Waals surface area contributed by atoms with E-state index in [1.165, 1.54) is 4.88 Å². The lowest BCUT2D eigenvalue weighted by atomic mass is 10.1. The zero-order chi connectivity index (χ0) is 21.3. The van der Waals surface area contributed by atoms with Crippen molar-refractivity contribution in [3.63, 3.8) is 0 Å². The lowest BCUT2D eigenvalue weighted by Gasteiger charge is -2.37. The molecule has 0 saturated carbocycles. The molecule has 30 heavy (non-hydrogen) atoms. The number of thiophene rings is 1. The summed E-state index contributed by atoms with van der Waals surface area (Å²) in [4.78, 5) is 13.2. The molecule has 2 aromatic rings. The second-order valence-corrected chi connectivity index (χ2v) is 9.15. The second-order valence-electron chi connectivity index (χ2n) is 8.17. The van der Waals surface area contributed by atoms with Crippen LogP contribution >= 0.6 is 11.3 Å². The van der Waals surface area contributed by atoms with Crippen molar-refractivity contribution in [1.29, 1.82) is 0 Å². The Labute approximate surface area is 184 Å². The SMILES string of the molecule is CCNC(=NCc1nccn1CC(C)C)NCC(c1cccs1)N1CCOC(C)C1. The Morgan fingerprint density at radius 3 is 2.97 bits per heavy atom. The molecule has 0 aliphatic carbocycles. The zero-order valence-corrected chi connectivity index (χ0v) is 19.5. The molecular formula is C22H36N6OS. The first kappa shape index (κ1) is 22.8. The van der Waals surface area contributed by atoms with Gasteiger partial charge < -0.3 is 19.9 Å². The average Bonchev–Trinajstić information content (AvgIpc) is 3.38. The molecule has 2 unspecified atom stereocenters. The van der Waals surface area contributed by atoms with Gasteiger partial charge in [-0.25, -0.2) is 9.98 Å². The van der Waals surface area contributed by atoms with Gasteiger partial charge in [-0.1, -0.05) is 19.9 Å². The highest BCUT2D eigenvalue weighted by Crippen LogP contribution is 2.26. The Bertz CT molecular complexity index is 772. The molecule has 0 spiro atoms. The number of imidazole rings is 1. The third-order valence-electron chi connectivity index (χ3n) is 5.13. The summed E-state index contributed by atoms with van der Waals surface area (Å²) >= 11 is 1.81. The molecule has 2 atom stereocenters. The van der Waals surface area contributed by atoms with Crippen molar-refractivity contribution in [3.8, 4) is 0 Å². The van der Waals surface area contributed by atoms with Crippen molar-refractivity contribution < 1.29 is 4.74 Å². The number of morpholine rings is 1. The topological polar surface area (TPSA) is 66.7 Å². The van der Waals surface area contributed by atoms with Crippen LogP contribution in [0.2, 0.25) is 0 Å². The summed E-state index contributed by atoms with van der Waals surface area (Å²) in [5, 5.41) is 9.10. The van der Waals surface area contributed by atoms with Crippen molar-refractivity contribution in [3.05, 3.63) is 40.6 Å². The number of hydrogen-bond acceptors (Lipinski definition) is 5. The normalized spacial score (nSPS) is 19.2. The van der Waals surface area contributed by atoms with Crippen molar-refractivity contribution in [2.45, 2.75) is 52.9 Å². The highest BCUT2D eigenvalue weighted by atomic mass is 32.1. The molecule has 0 amide bonds. The van der Waals surface area contributed by atoms with Gasteiger partial charge in [0.25, 0.3) is 0 Å². The molecule has 7 nitrogen and oxygen atoms in total. The van der Waals surface area contributed by atoms with E-state index in [4.69, 9.17) is 9.73 Å². The molecule has 0 radical (unpaired) electrons. The summed E-state index contributed by atoms with van der Waals surface area (Å²) in [5.74, 6) is 2.41. The highest BCUT2D eigenvalue weighted by Gasteiger charge is 2.26. The number of nitrogens with zero attached hydrogens (tertiary/aromatic N) is 4. The summed E-state index contributed by atoms with van der Waals surface area (Å²) < 4.78 is 7.95. The van der Waals surface area contributed by atoms with Gasteiger partial charge in [0, 0.05) is 50.0 Å². The van der Waals surface area contributed by atoms with Gasteiger partial charge in [-0.3, -0.25) is 4.90 Å². The monoisotopic (exact) mass is 432 g/mol. The Balaban J connectivity index is 1.67. The van der Waals surface area contributed by atoms with Crippen LogP contribution in [0.4, 0.5) is 0 Å².